The van der Waals surface area contributed by atoms with Gasteiger partial charge in [0, 0.05) is 0 Å². The van der Waals surface area contributed by atoms with Crippen LogP contribution >= 0.6 is 0 Å². The molecule has 0 aliphatic carbocycles. The molecule has 6 nitrogen and oxygen atoms in total. The van der Waals surface area contributed by atoms with E-state index in [-0.39, 0.29) is 19.8 Å². The highest BCUT2D eigenvalue weighted by Gasteiger charge is 2.06. The van der Waals surface area contributed by atoms with Gasteiger partial charge in [0.05, 0.1) is 39.6 Å². The molecule has 0 heterocycles. The van der Waals surface area contributed by atoms with Crippen molar-refractivity contribution in [3.05, 3.63) is 0 Å². The smallest absolute Gasteiger partial charge is 0.402 e. The van der Waals surface area contributed by atoms with Crippen molar-refractivity contribution in [1.82, 2.24) is 0 Å². The Balaban J connectivity index is 2.84. The topological polar surface area (TPSA) is 88.4 Å². The Kier molecular flexibility index (Phi) is 9.78. The summed E-state index contributed by atoms with van der Waals surface area (Å²) in [6, 6.07) is 0. The van der Waals surface area contributed by atoms with E-state index in [0.29, 0.717) is 19.8 Å². The first kappa shape index (κ1) is 12.8. The standard InChI is InChI=1S/C6H15BO6/c8-1-2-11-3-4-12-5-6-13-7(9)10/h8-10H,1-6H2. The van der Waals surface area contributed by atoms with E-state index >= 15 is 0 Å². The molecule has 0 fully saturated rings. The molecule has 0 aromatic rings. The number of ether oxygens (including phenoxy) is 2. The maximum Gasteiger partial charge on any atom is 0.633 e. The second kappa shape index (κ2) is 9.91. The van der Waals surface area contributed by atoms with E-state index in [9.17, 15) is 0 Å². The first-order chi connectivity index (χ1) is 6.27. The van der Waals surface area contributed by atoms with Crippen molar-refractivity contribution in [2.45, 2.75) is 0 Å². The quantitative estimate of drug-likeness (QED) is 0.290. The van der Waals surface area contributed by atoms with E-state index in [1.54, 1.807) is 0 Å². The average molecular weight is 194 g/mol. The van der Waals surface area contributed by atoms with E-state index in [4.69, 9.17) is 24.6 Å². The van der Waals surface area contributed by atoms with Gasteiger partial charge in [-0.3, -0.25) is 0 Å². The lowest BCUT2D eigenvalue weighted by Crippen LogP contribution is -2.20. The van der Waals surface area contributed by atoms with E-state index in [0.717, 1.165) is 0 Å². The van der Waals surface area contributed by atoms with Gasteiger partial charge < -0.3 is 29.3 Å². The molecule has 3 N–H and O–H groups in total. The van der Waals surface area contributed by atoms with Crippen LogP contribution in [-0.2, 0) is 14.1 Å². The molecule has 0 unspecified atom stereocenters. The maximum atomic E-state index is 8.33. The summed E-state index contributed by atoms with van der Waals surface area (Å²) in [5, 5.41) is 24.8. The molecule has 7 heteroatoms. The van der Waals surface area contributed by atoms with Gasteiger partial charge >= 0.3 is 7.32 Å². The lowest BCUT2D eigenvalue weighted by Gasteiger charge is -2.05. The van der Waals surface area contributed by atoms with Gasteiger partial charge in [-0.15, -0.1) is 0 Å². The van der Waals surface area contributed by atoms with Crippen molar-refractivity contribution in [3.63, 3.8) is 0 Å². The summed E-state index contributed by atoms with van der Waals surface area (Å²) in [7, 11) is -1.74. The highest BCUT2D eigenvalue weighted by Crippen LogP contribution is 1.81. The van der Waals surface area contributed by atoms with Gasteiger partial charge in [0.1, 0.15) is 0 Å². The number of aliphatic hydroxyl groups excluding tert-OH is 1. The molecule has 0 amide bonds. The van der Waals surface area contributed by atoms with Crippen LogP contribution in [0.4, 0.5) is 0 Å². The zero-order valence-electron chi connectivity index (χ0n) is 7.39. The predicted octanol–water partition coefficient (Wildman–Crippen LogP) is -2.00. The fourth-order valence-corrected chi connectivity index (χ4v) is 0.599. The van der Waals surface area contributed by atoms with Crippen molar-refractivity contribution in [1.29, 1.82) is 0 Å². The zero-order valence-corrected chi connectivity index (χ0v) is 7.39. The van der Waals surface area contributed by atoms with Gasteiger partial charge in [0.2, 0.25) is 0 Å². The first-order valence-electron chi connectivity index (χ1n) is 4.01. The van der Waals surface area contributed by atoms with Crippen molar-refractivity contribution < 1.29 is 29.3 Å². The molecule has 0 rings (SSSR count). The molecule has 0 saturated heterocycles. The van der Waals surface area contributed by atoms with E-state index < -0.39 is 7.32 Å². The molecule has 0 spiro atoms. The predicted molar refractivity (Wildman–Crippen MR) is 44.9 cm³/mol. The molecule has 0 aromatic carbocycles. The van der Waals surface area contributed by atoms with E-state index in [1.807, 2.05) is 0 Å². The third-order valence-corrected chi connectivity index (χ3v) is 1.10. The normalized spacial score (nSPS) is 10.4. The Morgan fingerprint density at radius 3 is 1.92 bits per heavy atom. The Morgan fingerprint density at radius 1 is 0.846 bits per heavy atom. The average Bonchev–Trinajstić information content (AvgIpc) is 2.09. The Labute approximate surface area is 77.2 Å². The summed E-state index contributed by atoms with van der Waals surface area (Å²) in [5.74, 6) is 0. The van der Waals surface area contributed by atoms with Crippen LogP contribution in [0.3, 0.4) is 0 Å². The van der Waals surface area contributed by atoms with E-state index in [1.165, 1.54) is 0 Å². The summed E-state index contributed by atoms with van der Waals surface area (Å²) in [5.41, 5.74) is 0. The number of hydrogen-bond donors (Lipinski definition) is 3. The van der Waals surface area contributed by atoms with Crippen LogP contribution in [-0.4, -0.2) is 62.1 Å². The van der Waals surface area contributed by atoms with Crippen LogP contribution in [0.25, 0.3) is 0 Å². The van der Waals surface area contributed by atoms with Crippen LogP contribution in [0.1, 0.15) is 0 Å². The largest absolute Gasteiger partial charge is 0.633 e. The number of aliphatic hydroxyl groups is 1. The summed E-state index contributed by atoms with van der Waals surface area (Å²) in [4.78, 5) is 0. The van der Waals surface area contributed by atoms with Crippen molar-refractivity contribution in [3.8, 4) is 0 Å². The number of hydrogen-bond acceptors (Lipinski definition) is 6. The fourth-order valence-electron chi connectivity index (χ4n) is 0.599. The van der Waals surface area contributed by atoms with Gasteiger partial charge in [-0.2, -0.15) is 0 Å². The van der Waals surface area contributed by atoms with Gasteiger partial charge in [0.25, 0.3) is 0 Å². The molecule has 0 aromatic heterocycles. The minimum Gasteiger partial charge on any atom is -0.402 e. The molecule has 0 saturated carbocycles. The van der Waals surface area contributed by atoms with Crippen LogP contribution in [0.2, 0.25) is 0 Å². The third kappa shape index (κ3) is 11.8. The van der Waals surface area contributed by atoms with Crippen LogP contribution in [0.5, 0.6) is 0 Å². The highest BCUT2D eigenvalue weighted by atomic mass is 16.6. The van der Waals surface area contributed by atoms with Crippen molar-refractivity contribution >= 4 is 7.32 Å². The summed E-state index contributed by atoms with van der Waals surface area (Å²) in [6.07, 6.45) is 0. The fraction of sp³-hybridized carbons (Fsp3) is 1.00. The second-order valence-corrected chi connectivity index (χ2v) is 2.15. The number of rotatable bonds is 9. The van der Waals surface area contributed by atoms with Gasteiger partial charge in [0.15, 0.2) is 0 Å². The maximum absolute atomic E-state index is 8.33. The highest BCUT2D eigenvalue weighted by molar-refractivity contribution is 6.32. The molecule has 0 aliphatic rings. The molecule has 0 bridgehead atoms. The van der Waals surface area contributed by atoms with Crippen molar-refractivity contribution in [2.24, 2.45) is 0 Å². The Hall–Kier alpha value is -0.175. The molecule has 13 heavy (non-hydrogen) atoms. The molecular formula is C6H15BO6. The molecule has 0 atom stereocenters. The minimum absolute atomic E-state index is 0.000183. The molecular weight excluding hydrogens is 179 g/mol. The molecule has 0 aliphatic heterocycles. The lowest BCUT2D eigenvalue weighted by atomic mass is 10.3. The second-order valence-electron chi connectivity index (χ2n) is 2.15. The lowest BCUT2D eigenvalue weighted by molar-refractivity contribution is 0.0199. The monoisotopic (exact) mass is 194 g/mol. The van der Waals surface area contributed by atoms with Gasteiger partial charge in [-0.05, 0) is 0 Å². The zero-order chi connectivity index (χ0) is 9.94. The summed E-state index contributed by atoms with van der Waals surface area (Å²) < 4.78 is 14.2. The SMILES string of the molecule is OCCOCCOCCOB(O)O. The van der Waals surface area contributed by atoms with Gasteiger partial charge in [-0.25, -0.2) is 0 Å². The van der Waals surface area contributed by atoms with Crippen LogP contribution in [0, 0.1) is 0 Å². The van der Waals surface area contributed by atoms with E-state index in [2.05, 4.69) is 4.65 Å². The summed E-state index contributed by atoms with van der Waals surface area (Å²) >= 11 is 0. The summed E-state index contributed by atoms with van der Waals surface area (Å²) in [6.45, 7) is 1.50. The van der Waals surface area contributed by atoms with Crippen LogP contribution in [0.15, 0.2) is 0 Å². The molecule has 78 valence electrons. The Morgan fingerprint density at radius 2 is 1.38 bits per heavy atom. The first-order valence-corrected chi connectivity index (χ1v) is 4.01. The van der Waals surface area contributed by atoms with Crippen LogP contribution < -0.4 is 0 Å². The Bertz CT molecular complexity index is 101. The van der Waals surface area contributed by atoms with Crippen molar-refractivity contribution in [2.75, 3.05) is 39.6 Å². The third-order valence-electron chi connectivity index (χ3n) is 1.10. The molecule has 0 radical (unpaired) electrons. The van der Waals surface area contributed by atoms with Gasteiger partial charge in [-0.1, -0.05) is 0 Å². The minimum atomic E-state index is -1.74.